The van der Waals surface area contributed by atoms with Gasteiger partial charge in [0.2, 0.25) is 0 Å². The van der Waals surface area contributed by atoms with Crippen molar-refractivity contribution in [2.45, 2.75) is 34.6 Å². The van der Waals surface area contributed by atoms with Crippen molar-refractivity contribution in [3.63, 3.8) is 0 Å². The van der Waals surface area contributed by atoms with Crippen molar-refractivity contribution in [1.29, 1.82) is 0 Å². The number of pyridine rings is 1. The number of likely N-dealkylation sites (N-methyl/N-ethyl adjacent to an activating group) is 1. The first-order valence-corrected chi connectivity index (χ1v) is 13.9. The molecular formula is C33H36N6O. The fourth-order valence-corrected chi connectivity index (χ4v) is 5.10. The van der Waals surface area contributed by atoms with Crippen LogP contribution in [0, 0.1) is 20.8 Å². The highest BCUT2D eigenvalue weighted by atomic mass is 16.5. The minimum absolute atomic E-state index is 0.485. The Morgan fingerprint density at radius 3 is 2.20 bits per heavy atom. The van der Waals surface area contributed by atoms with E-state index in [0.717, 1.165) is 58.9 Å². The smallest absolute Gasteiger partial charge is 0.255 e. The second-order valence-corrected chi connectivity index (χ2v) is 9.96. The van der Waals surface area contributed by atoms with Crippen molar-refractivity contribution >= 4 is 28.4 Å². The third kappa shape index (κ3) is 5.80. The number of benzene rings is 3. The number of aryl methyl sites for hydroxylation is 3. The summed E-state index contributed by atoms with van der Waals surface area (Å²) in [7, 11) is 0. The lowest BCUT2D eigenvalue weighted by atomic mass is 9.94. The van der Waals surface area contributed by atoms with Gasteiger partial charge in [-0.3, -0.25) is 9.88 Å². The first kappa shape index (κ1) is 27.2. The maximum absolute atomic E-state index is 6.01. The molecule has 40 heavy (non-hydrogen) atoms. The van der Waals surface area contributed by atoms with Crippen LogP contribution in [0.3, 0.4) is 0 Å². The molecule has 7 heteroatoms. The van der Waals surface area contributed by atoms with Gasteiger partial charge in [-0.25, -0.2) is 4.98 Å². The molecule has 0 aliphatic carbocycles. The van der Waals surface area contributed by atoms with Crippen LogP contribution in [0.2, 0.25) is 0 Å². The molecule has 0 aliphatic rings. The zero-order valence-corrected chi connectivity index (χ0v) is 23.9. The summed E-state index contributed by atoms with van der Waals surface area (Å²) >= 11 is 0. The number of nitrogens with zero attached hydrogens (tertiary/aromatic N) is 6. The molecule has 0 aliphatic heterocycles. The van der Waals surface area contributed by atoms with Crippen LogP contribution in [-0.2, 0) is 0 Å². The molecule has 2 heterocycles. The second kappa shape index (κ2) is 12.2. The molecule has 7 nitrogen and oxygen atoms in total. The Morgan fingerprint density at radius 1 is 0.775 bits per heavy atom. The molecular weight excluding hydrogens is 496 g/mol. The van der Waals surface area contributed by atoms with Gasteiger partial charge in [0.05, 0.1) is 17.4 Å². The maximum Gasteiger partial charge on any atom is 0.255 e. The molecule has 0 unspecified atom stereocenters. The van der Waals surface area contributed by atoms with Crippen LogP contribution in [0.25, 0.3) is 22.2 Å². The summed E-state index contributed by atoms with van der Waals surface area (Å²) in [6.45, 7) is 14.3. The molecule has 0 radical (unpaired) electrons. The number of fused-ring (bicyclic) bond motifs is 1. The average molecular weight is 533 g/mol. The van der Waals surface area contributed by atoms with E-state index in [1.54, 1.807) is 12.4 Å². The fourth-order valence-electron chi connectivity index (χ4n) is 5.10. The Kier molecular flexibility index (Phi) is 8.31. The van der Waals surface area contributed by atoms with Crippen molar-refractivity contribution in [3.05, 3.63) is 95.8 Å². The molecule has 0 N–H and O–H groups in total. The topological polar surface area (TPSA) is 67.3 Å². The van der Waals surface area contributed by atoms with Crippen LogP contribution in [0.15, 0.2) is 79.1 Å². The van der Waals surface area contributed by atoms with Gasteiger partial charge in [0.15, 0.2) is 0 Å². The Bertz CT molecular complexity index is 1560. The molecule has 5 aromatic rings. The quantitative estimate of drug-likeness (QED) is 0.188. The van der Waals surface area contributed by atoms with Crippen molar-refractivity contribution < 1.29 is 4.74 Å². The van der Waals surface area contributed by atoms with Gasteiger partial charge in [0.25, 0.3) is 5.95 Å². The highest BCUT2D eigenvalue weighted by Crippen LogP contribution is 2.35. The van der Waals surface area contributed by atoms with Gasteiger partial charge in [-0.2, -0.15) is 0 Å². The van der Waals surface area contributed by atoms with Crippen molar-refractivity contribution in [2.24, 2.45) is 0 Å². The van der Waals surface area contributed by atoms with E-state index in [2.05, 4.69) is 85.0 Å². The van der Waals surface area contributed by atoms with E-state index in [1.807, 2.05) is 41.3 Å². The molecule has 0 amide bonds. The van der Waals surface area contributed by atoms with Crippen LogP contribution in [-0.4, -0.2) is 51.3 Å². The minimum Gasteiger partial charge on any atom is -0.492 e. The molecule has 0 spiro atoms. The molecule has 3 aromatic carbocycles. The predicted molar refractivity (Wildman–Crippen MR) is 163 cm³/mol. The summed E-state index contributed by atoms with van der Waals surface area (Å²) in [4.78, 5) is 13.7. The van der Waals surface area contributed by atoms with Gasteiger partial charge in [0, 0.05) is 18.4 Å². The minimum atomic E-state index is 0.485. The number of hydrogen-bond donors (Lipinski definition) is 0. The van der Waals surface area contributed by atoms with Crippen molar-refractivity contribution in [3.8, 4) is 16.9 Å². The summed E-state index contributed by atoms with van der Waals surface area (Å²) in [5.74, 6) is 1.31. The SMILES string of the molecule is CCN(CC)CCOc1ccc(N(c2cccnc2)c2nnc3cc(-c4c(C)cccc4C)cc(C)c3n2)cc1. The van der Waals surface area contributed by atoms with E-state index in [-0.39, 0.29) is 0 Å². The zero-order chi connectivity index (χ0) is 28.1. The van der Waals surface area contributed by atoms with Crippen LogP contribution in [0.1, 0.15) is 30.5 Å². The summed E-state index contributed by atoms with van der Waals surface area (Å²) in [6.07, 6.45) is 3.56. The Labute approximate surface area is 236 Å². The van der Waals surface area contributed by atoms with Gasteiger partial charge < -0.3 is 9.64 Å². The second-order valence-electron chi connectivity index (χ2n) is 9.96. The molecule has 0 bridgehead atoms. The first-order valence-electron chi connectivity index (χ1n) is 13.9. The van der Waals surface area contributed by atoms with Crippen LogP contribution in [0.5, 0.6) is 5.75 Å². The molecule has 0 fully saturated rings. The molecule has 5 rings (SSSR count). The first-order chi connectivity index (χ1) is 19.5. The normalized spacial score (nSPS) is 11.2. The van der Waals surface area contributed by atoms with E-state index in [4.69, 9.17) is 9.72 Å². The standard InChI is InChI=1S/C33H36N6O/c1-6-38(7-2)18-19-40-29-15-13-27(14-16-29)39(28-12-9-17-34-22-28)33-35-32-25(5)20-26(21-30(32)36-37-33)31-23(3)10-8-11-24(31)4/h8-17,20-22H,6-7,18-19H2,1-5H3. The number of anilines is 3. The largest absolute Gasteiger partial charge is 0.492 e. The van der Waals surface area contributed by atoms with E-state index >= 15 is 0 Å². The van der Waals surface area contributed by atoms with Gasteiger partial charge in [-0.1, -0.05) is 32.0 Å². The van der Waals surface area contributed by atoms with Gasteiger partial charge in [0.1, 0.15) is 17.9 Å². The van der Waals surface area contributed by atoms with Gasteiger partial charge in [-0.15, -0.1) is 10.2 Å². The number of rotatable bonds is 10. The predicted octanol–water partition coefficient (Wildman–Crippen LogP) is 7.20. The van der Waals surface area contributed by atoms with Crippen molar-refractivity contribution in [2.75, 3.05) is 31.1 Å². The fraction of sp³-hybridized carbons (Fsp3) is 0.273. The lowest BCUT2D eigenvalue weighted by molar-refractivity contribution is 0.223. The molecule has 0 atom stereocenters. The number of ether oxygens (including phenoxy) is 1. The van der Waals surface area contributed by atoms with E-state index < -0.39 is 0 Å². The molecule has 0 saturated heterocycles. The zero-order valence-electron chi connectivity index (χ0n) is 23.9. The maximum atomic E-state index is 6.01. The molecule has 2 aromatic heterocycles. The third-order valence-electron chi connectivity index (χ3n) is 7.28. The van der Waals surface area contributed by atoms with Crippen molar-refractivity contribution in [1.82, 2.24) is 25.1 Å². The van der Waals surface area contributed by atoms with Crippen LogP contribution >= 0.6 is 0 Å². The summed E-state index contributed by atoms with van der Waals surface area (Å²) < 4.78 is 6.01. The number of aromatic nitrogens is 4. The summed E-state index contributed by atoms with van der Waals surface area (Å²) in [5, 5.41) is 9.24. The highest BCUT2D eigenvalue weighted by molar-refractivity contribution is 5.87. The van der Waals surface area contributed by atoms with Crippen LogP contribution < -0.4 is 9.64 Å². The summed E-state index contributed by atoms with van der Waals surface area (Å²) in [5.41, 5.74) is 9.22. The molecule has 0 saturated carbocycles. The summed E-state index contributed by atoms with van der Waals surface area (Å²) in [6, 6.07) is 22.5. The van der Waals surface area contributed by atoms with Gasteiger partial charge in [-0.05, 0) is 110 Å². The average Bonchev–Trinajstić information content (AvgIpc) is 2.97. The number of hydrogen-bond acceptors (Lipinski definition) is 7. The van der Waals surface area contributed by atoms with Crippen LogP contribution in [0.4, 0.5) is 17.3 Å². The lowest BCUT2D eigenvalue weighted by Gasteiger charge is -2.23. The Balaban J connectivity index is 1.49. The monoisotopic (exact) mass is 532 g/mol. The Morgan fingerprint density at radius 2 is 1.52 bits per heavy atom. The van der Waals surface area contributed by atoms with E-state index in [9.17, 15) is 0 Å². The Hall–Kier alpha value is -4.36. The highest BCUT2D eigenvalue weighted by Gasteiger charge is 2.18. The van der Waals surface area contributed by atoms with Gasteiger partial charge >= 0.3 is 0 Å². The lowest BCUT2D eigenvalue weighted by Crippen LogP contribution is -2.27. The van der Waals surface area contributed by atoms with E-state index in [1.165, 1.54) is 16.7 Å². The van der Waals surface area contributed by atoms with E-state index in [0.29, 0.717) is 12.6 Å². The molecule has 204 valence electrons. The third-order valence-corrected chi connectivity index (χ3v) is 7.28.